The molecule has 0 spiro atoms. The van der Waals surface area contributed by atoms with E-state index in [1.54, 1.807) is 0 Å². The normalized spacial score (nSPS) is 15.3. The zero-order valence-electron chi connectivity index (χ0n) is 15.2. The minimum absolute atomic E-state index is 0.300. The molecule has 0 aliphatic carbocycles. The van der Waals surface area contributed by atoms with Crippen molar-refractivity contribution in [1.29, 1.82) is 0 Å². The maximum atomic E-state index is 3.64. The van der Waals surface area contributed by atoms with Crippen molar-refractivity contribution in [3.05, 3.63) is 34.9 Å². The Hall–Kier alpha value is -0.860. The molecule has 0 saturated carbocycles. The first-order chi connectivity index (χ1) is 9.66. The summed E-state index contributed by atoms with van der Waals surface area (Å²) < 4.78 is 0. The Morgan fingerprint density at radius 2 is 1.76 bits per heavy atom. The van der Waals surface area contributed by atoms with Crippen LogP contribution >= 0.6 is 0 Å². The molecular weight excluding hydrogens is 256 g/mol. The largest absolute Gasteiger partial charge is 0.309 e. The molecule has 0 bridgehead atoms. The zero-order valence-corrected chi connectivity index (χ0v) is 15.2. The predicted molar refractivity (Wildman–Crippen MR) is 93.9 cm³/mol. The number of rotatable bonds is 6. The summed E-state index contributed by atoms with van der Waals surface area (Å²) in [5, 5.41) is 3.64. The Kier molecular flexibility index (Phi) is 6.42. The molecule has 0 heterocycles. The molecule has 1 rings (SSSR count). The molecule has 120 valence electrons. The second kappa shape index (κ2) is 7.42. The van der Waals surface area contributed by atoms with Crippen molar-refractivity contribution in [1.82, 2.24) is 10.2 Å². The number of hydrogen-bond donors (Lipinski definition) is 1. The molecule has 0 radical (unpaired) electrons. The Bertz CT molecular complexity index is 445. The summed E-state index contributed by atoms with van der Waals surface area (Å²) in [6.45, 7) is 17.8. The highest BCUT2D eigenvalue weighted by atomic mass is 15.2. The van der Waals surface area contributed by atoms with Gasteiger partial charge >= 0.3 is 0 Å². The molecule has 0 aromatic heterocycles. The number of nitrogens with one attached hydrogen (secondary N) is 1. The van der Waals surface area contributed by atoms with Crippen LogP contribution in [0.4, 0.5) is 0 Å². The Morgan fingerprint density at radius 3 is 2.24 bits per heavy atom. The van der Waals surface area contributed by atoms with E-state index in [-0.39, 0.29) is 0 Å². The van der Waals surface area contributed by atoms with E-state index in [1.807, 2.05) is 0 Å². The molecule has 1 aromatic carbocycles. The second-order valence-corrected chi connectivity index (χ2v) is 7.44. The summed E-state index contributed by atoms with van der Waals surface area (Å²) in [6, 6.07) is 7.78. The Balaban J connectivity index is 2.89. The van der Waals surface area contributed by atoms with Crippen LogP contribution in [0.3, 0.4) is 0 Å². The van der Waals surface area contributed by atoms with Crippen molar-refractivity contribution in [3.63, 3.8) is 0 Å². The summed E-state index contributed by atoms with van der Waals surface area (Å²) in [6.07, 6.45) is 0. The van der Waals surface area contributed by atoms with Crippen LogP contribution in [0.1, 0.15) is 57.4 Å². The van der Waals surface area contributed by atoms with Crippen LogP contribution in [0.15, 0.2) is 18.2 Å². The van der Waals surface area contributed by atoms with Gasteiger partial charge in [-0.3, -0.25) is 0 Å². The molecule has 0 aliphatic heterocycles. The summed E-state index contributed by atoms with van der Waals surface area (Å²) >= 11 is 0. The third-order valence-corrected chi connectivity index (χ3v) is 4.77. The van der Waals surface area contributed by atoms with Crippen molar-refractivity contribution < 1.29 is 0 Å². The smallest absolute Gasteiger partial charge is 0.0449 e. The van der Waals surface area contributed by atoms with Crippen molar-refractivity contribution in [3.8, 4) is 0 Å². The number of nitrogens with zero attached hydrogens (tertiary/aromatic N) is 1. The highest BCUT2D eigenvalue weighted by Gasteiger charge is 2.25. The van der Waals surface area contributed by atoms with Crippen LogP contribution in [0.5, 0.6) is 0 Å². The topological polar surface area (TPSA) is 15.3 Å². The Morgan fingerprint density at radius 1 is 1.14 bits per heavy atom. The predicted octanol–water partition coefficient (Wildman–Crippen LogP) is 4.32. The van der Waals surface area contributed by atoms with E-state index < -0.39 is 0 Å². The third kappa shape index (κ3) is 5.12. The summed E-state index contributed by atoms with van der Waals surface area (Å²) in [5.74, 6) is 0. The molecule has 21 heavy (non-hydrogen) atoms. The molecule has 2 nitrogen and oxygen atoms in total. The zero-order chi connectivity index (χ0) is 16.2. The van der Waals surface area contributed by atoms with Gasteiger partial charge in [-0.25, -0.2) is 0 Å². The molecule has 0 fully saturated rings. The fourth-order valence-corrected chi connectivity index (χ4v) is 2.62. The van der Waals surface area contributed by atoms with Crippen LogP contribution in [0, 0.1) is 19.3 Å². The highest BCUT2D eigenvalue weighted by molar-refractivity contribution is 5.32. The monoisotopic (exact) mass is 290 g/mol. The van der Waals surface area contributed by atoms with Crippen molar-refractivity contribution >= 4 is 0 Å². The average molecular weight is 290 g/mol. The lowest BCUT2D eigenvalue weighted by molar-refractivity contribution is 0.129. The van der Waals surface area contributed by atoms with Gasteiger partial charge in [-0.05, 0) is 56.5 Å². The molecule has 0 aliphatic rings. The molecule has 1 aromatic rings. The maximum absolute atomic E-state index is 3.64. The SMILES string of the molecule is CCNC(CN(C)C(C)C(C)(C)C)c1ccc(C)c(C)c1. The van der Waals surface area contributed by atoms with Gasteiger partial charge in [0.1, 0.15) is 0 Å². The van der Waals surface area contributed by atoms with Crippen LogP contribution in [0.25, 0.3) is 0 Å². The molecule has 0 amide bonds. The number of hydrogen-bond acceptors (Lipinski definition) is 2. The van der Waals surface area contributed by atoms with Gasteiger partial charge in [-0.2, -0.15) is 0 Å². The van der Waals surface area contributed by atoms with E-state index in [0.717, 1.165) is 13.1 Å². The number of aryl methyl sites for hydroxylation is 2. The number of likely N-dealkylation sites (N-methyl/N-ethyl adjacent to an activating group) is 2. The van der Waals surface area contributed by atoms with Gasteiger partial charge in [0.2, 0.25) is 0 Å². The fraction of sp³-hybridized carbons (Fsp3) is 0.684. The molecular formula is C19H34N2. The first-order valence-electron chi connectivity index (χ1n) is 8.17. The molecule has 1 N–H and O–H groups in total. The van der Waals surface area contributed by atoms with Crippen molar-refractivity contribution in [2.75, 3.05) is 20.1 Å². The van der Waals surface area contributed by atoms with E-state index in [2.05, 4.69) is 83.9 Å². The molecule has 2 unspecified atom stereocenters. The van der Waals surface area contributed by atoms with E-state index >= 15 is 0 Å². The van der Waals surface area contributed by atoms with Gasteiger partial charge in [0.15, 0.2) is 0 Å². The van der Waals surface area contributed by atoms with Gasteiger partial charge in [0.05, 0.1) is 0 Å². The van der Waals surface area contributed by atoms with Crippen LogP contribution < -0.4 is 5.32 Å². The molecule has 2 heteroatoms. The summed E-state index contributed by atoms with van der Waals surface area (Å²) in [5.41, 5.74) is 4.44. The van der Waals surface area contributed by atoms with E-state index in [4.69, 9.17) is 0 Å². The number of benzene rings is 1. The van der Waals surface area contributed by atoms with E-state index in [9.17, 15) is 0 Å². The second-order valence-electron chi connectivity index (χ2n) is 7.44. The van der Waals surface area contributed by atoms with Crippen LogP contribution in [-0.4, -0.2) is 31.1 Å². The van der Waals surface area contributed by atoms with Gasteiger partial charge in [0, 0.05) is 18.6 Å². The quantitative estimate of drug-likeness (QED) is 0.839. The van der Waals surface area contributed by atoms with Crippen LogP contribution in [0.2, 0.25) is 0 Å². The van der Waals surface area contributed by atoms with Gasteiger partial charge in [0.25, 0.3) is 0 Å². The van der Waals surface area contributed by atoms with Gasteiger partial charge < -0.3 is 10.2 Å². The first kappa shape index (κ1) is 18.2. The minimum atomic E-state index is 0.300. The standard InChI is InChI=1S/C19H34N2/c1-9-20-18(13-21(8)16(4)19(5,6)7)17-11-10-14(2)15(3)12-17/h10-12,16,18,20H,9,13H2,1-8H3. The average Bonchev–Trinajstić information content (AvgIpc) is 2.39. The van der Waals surface area contributed by atoms with Crippen molar-refractivity contribution in [2.24, 2.45) is 5.41 Å². The minimum Gasteiger partial charge on any atom is -0.309 e. The Labute approximate surface area is 131 Å². The van der Waals surface area contributed by atoms with Gasteiger partial charge in [-0.1, -0.05) is 45.9 Å². The summed E-state index contributed by atoms with van der Waals surface area (Å²) in [4.78, 5) is 2.47. The molecule has 0 saturated heterocycles. The molecule has 2 atom stereocenters. The van der Waals surface area contributed by atoms with Gasteiger partial charge in [-0.15, -0.1) is 0 Å². The lowest BCUT2D eigenvalue weighted by atomic mass is 9.86. The highest BCUT2D eigenvalue weighted by Crippen LogP contribution is 2.25. The van der Waals surface area contributed by atoms with Crippen molar-refractivity contribution in [2.45, 2.75) is 60.5 Å². The first-order valence-corrected chi connectivity index (χ1v) is 8.17. The third-order valence-electron chi connectivity index (χ3n) is 4.77. The fourth-order valence-electron chi connectivity index (χ4n) is 2.62. The maximum Gasteiger partial charge on any atom is 0.0449 e. The van der Waals surface area contributed by atoms with E-state index in [0.29, 0.717) is 17.5 Å². The van der Waals surface area contributed by atoms with Crippen LogP contribution in [-0.2, 0) is 0 Å². The van der Waals surface area contributed by atoms with E-state index in [1.165, 1.54) is 16.7 Å². The summed E-state index contributed by atoms with van der Waals surface area (Å²) in [7, 11) is 2.24. The lowest BCUT2D eigenvalue weighted by Gasteiger charge is -2.37. The lowest BCUT2D eigenvalue weighted by Crippen LogP contribution is -2.43.